The molecule has 0 aliphatic carbocycles. The van der Waals surface area contributed by atoms with E-state index in [0.29, 0.717) is 34.8 Å². The van der Waals surface area contributed by atoms with Crippen molar-refractivity contribution in [2.24, 2.45) is 0 Å². The number of nitrogens with one attached hydrogen (secondary N) is 1. The predicted molar refractivity (Wildman–Crippen MR) is 96.8 cm³/mol. The summed E-state index contributed by atoms with van der Waals surface area (Å²) in [5, 5.41) is 0. The van der Waals surface area contributed by atoms with Crippen molar-refractivity contribution in [3.8, 4) is 23.4 Å². The monoisotopic (exact) mass is 356 g/mol. The molecule has 0 spiro atoms. The molecule has 0 unspecified atom stereocenters. The van der Waals surface area contributed by atoms with Crippen LogP contribution in [0.1, 0.15) is 24.5 Å². The molecule has 3 rings (SSSR count). The molecule has 0 saturated heterocycles. The Bertz CT molecular complexity index is 908. The van der Waals surface area contributed by atoms with Gasteiger partial charge in [0.2, 0.25) is 5.88 Å². The molecule has 1 aromatic heterocycles. The molecule has 1 aromatic carbocycles. The first-order valence-electron chi connectivity index (χ1n) is 8.12. The van der Waals surface area contributed by atoms with E-state index < -0.39 is 0 Å². The van der Waals surface area contributed by atoms with E-state index in [1.165, 1.54) is 0 Å². The number of aromatic amines is 1. The van der Waals surface area contributed by atoms with E-state index in [9.17, 15) is 4.79 Å². The molecule has 0 atom stereocenters. The molecule has 0 saturated carbocycles. The van der Waals surface area contributed by atoms with Gasteiger partial charge in [-0.3, -0.25) is 9.78 Å². The van der Waals surface area contributed by atoms with E-state index in [2.05, 4.69) is 16.5 Å². The summed E-state index contributed by atoms with van der Waals surface area (Å²) < 4.78 is 21.8. The molecule has 2 heterocycles. The van der Waals surface area contributed by atoms with Gasteiger partial charge in [-0.25, -0.2) is 0 Å². The molecular weight excluding hydrogens is 336 g/mol. The minimum Gasteiger partial charge on any atom is -0.496 e. The van der Waals surface area contributed by atoms with Crippen molar-refractivity contribution in [1.82, 2.24) is 9.97 Å². The summed E-state index contributed by atoms with van der Waals surface area (Å²) in [6.07, 6.45) is 2.40. The van der Waals surface area contributed by atoms with Crippen LogP contribution in [0.4, 0.5) is 0 Å². The van der Waals surface area contributed by atoms with E-state index >= 15 is 0 Å². The summed E-state index contributed by atoms with van der Waals surface area (Å²) in [5.41, 5.74) is 1.61. The number of H-pyrrole nitrogens is 1. The number of rotatable bonds is 6. The van der Waals surface area contributed by atoms with E-state index in [1.807, 2.05) is 13.0 Å². The molecule has 0 bridgehead atoms. The Morgan fingerprint density at radius 1 is 1.23 bits per heavy atom. The second kappa shape index (κ2) is 7.35. The van der Waals surface area contributed by atoms with Crippen LogP contribution in [-0.2, 0) is 6.61 Å². The summed E-state index contributed by atoms with van der Waals surface area (Å²) >= 11 is 0. The van der Waals surface area contributed by atoms with Gasteiger partial charge in [0.15, 0.2) is 0 Å². The van der Waals surface area contributed by atoms with Crippen molar-refractivity contribution in [1.29, 1.82) is 0 Å². The number of nitrogens with zero attached hydrogens (tertiary/aromatic N) is 1. The van der Waals surface area contributed by atoms with Gasteiger partial charge in [-0.15, -0.1) is 0 Å². The maximum absolute atomic E-state index is 12.4. The number of hydrogen-bond donors (Lipinski definition) is 1. The Balaban J connectivity index is 1.91. The van der Waals surface area contributed by atoms with Crippen LogP contribution in [-0.4, -0.2) is 24.2 Å². The predicted octanol–water partition coefficient (Wildman–Crippen LogP) is 3.07. The third-order valence-corrected chi connectivity index (χ3v) is 4.01. The second-order valence-electron chi connectivity index (χ2n) is 5.57. The van der Waals surface area contributed by atoms with Crippen LogP contribution in [0, 0.1) is 0 Å². The zero-order chi connectivity index (χ0) is 18.7. The minimum absolute atomic E-state index is 0.0480. The maximum atomic E-state index is 12.4. The van der Waals surface area contributed by atoms with Crippen LogP contribution >= 0.6 is 0 Å². The van der Waals surface area contributed by atoms with Crippen molar-refractivity contribution in [2.75, 3.05) is 14.2 Å². The Morgan fingerprint density at radius 2 is 1.92 bits per heavy atom. The van der Waals surface area contributed by atoms with Crippen LogP contribution in [0.2, 0.25) is 0 Å². The molecule has 1 aliphatic rings. The fourth-order valence-electron chi connectivity index (χ4n) is 2.77. The second-order valence-corrected chi connectivity index (χ2v) is 5.57. The minimum atomic E-state index is -0.322. The Labute approximate surface area is 150 Å². The highest BCUT2D eigenvalue weighted by Gasteiger charge is 2.22. The average Bonchev–Trinajstić information content (AvgIpc) is 2.64. The number of hydrogen-bond acceptors (Lipinski definition) is 6. The first-order valence-corrected chi connectivity index (χ1v) is 8.12. The lowest BCUT2D eigenvalue weighted by atomic mass is 10.0. The Kier molecular flexibility index (Phi) is 4.97. The van der Waals surface area contributed by atoms with Gasteiger partial charge < -0.3 is 18.9 Å². The number of fused-ring (bicyclic) bond motifs is 1. The van der Waals surface area contributed by atoms with Crippen molar-refractivity contribution >= 4 is 5.57 Å². The van der Waals surface area contributed by atoms with Gasteiger partial charge in [0.05, 0.1) is 19.8 Å². The van der Waals surface area contributed by atoms with Crippen LogP contribution in [0.3, 0.4) is 0 Å². The number of allylic oxidation sites excluding steroid dienone is 2. The van der Waals surface area contributed by atoms with Crippen molar-refractivity contribution in [2.45, 2.75) is 20.0 Å². The number of aromatic nitrogens is 2. The summed E-state index contributed by atoms with van der Waals surface area (Å²) in [5.74, 6) is 1.86. The van der Waals surface area contributed by atoms with Crippen molar-refractivity contribution in [3.05, 3.63) is 58.1 Å². The molecule has 7 heteroatoms. The SMILES string of the molecule is C=C1C=C(CC)c2c(nc(OCc3c(OC)cccc3OC)[nH]c2=O)O1. The Hall–Kier alpha value is -3.22. The Morgan fingerprint density at radius 3 is 2.54 bits per heavy atom. The lowest BCUT2D eigenvalue weighted by Gasteiger charge is -2.18. The average molecular weight is 356 g/mol. The van der Waals surface area contributed by atoms with Gasteiger partial charge in [-0.2, -0.15) is 4.98 Å². The van der Waals surface area contributed by atoms with Gasteiger partial charge in [0.1, 0.15) is 29.4 Å². The summed E-state index contributed by atoms with van der Waals surface area (Å²) in [6, 6.07) is 5.47. The largest absolute Gasteiger partial charge is 0.496 e. The van der Waals surface area contributed by atoms with Crippen molar-refractivity contribution in [3.63, 3.8) is 0 Å². The number of benzene rings is 1. The quantitative estimate of drug-likeness (QED) is 0.856. The third-order valence-electron chi connectivity index (χ3n) is 4.01. The highest BCUT2D eigenvalue weighted by molar-refractivity contribution is 5.72. The molecule has 1 N–H and O–H groups in total. The van der Waals surface area contributed by atoms with Gasteiger partial charge in [-0.05, 0) is 30.2 Å². The van der Waals surface area contributed by atoms with Gasteiger partial charge >= 0.3 is 0 Å². The molecule has 7 nitrogen and oxygen atoms in total. The van der Waals surface area contributed by atoms with E-state index in [1.54, 1.807) is 32.4 Å². The molecule has 136 valence electrons. The molecule has 26 heavy (non-hydrogen) atoms. The topological polar surface area (TPSA) is 82.7 Å². The zero-order valence-corrected chi connectivity index (χ0v) is 14.9. The highest BCUT2D eigenvalue weighted by atomic mass is 16.5. The molecule has 2 aromatic rings. The van der Waals surface area contributed by atoms with Crippen LogP contribution in [0.15, 0.2) is 41.4 Å². The van der Waals surface area contributed by atoms with Gasteiger partial charge in [-0.1, -0.05) is 19.6 Å². The summed E-state index contributed by atoms with van der Waals surface area (Å²) in [7, 11) is 3.13. The standard InChI is InChI=1S/C19H20N2O5/c1-5-12-9-11(2)26-18-16(12)17(22)20-19(21-18)25-10-13-14(23-3)7-6-8-15(13)24-4/h6-9H,2,5,10H2,1,3-4H3,(H,20,21,22). The fourth-order valence-corrected chi connectivity index (χ4v) is 2.77. The maximum Gasteiger partial charge on any atom is 0.300 e. The van der Waals surface area contributed by atoms with Gasteiger partial charge in [0, 0.05) is 0 Å². The molecule has 0 fully saturated rings. The number of ether oxygens (including phenoxy) is 4. The van der Waals surface area contributed by atoms with Crippen LogP contribution in [0.25, 0.3) is 5.57 Å². The van der Waals surface area contributed by atoms with E-state index in [0.717, 1.165) is 5.57 Å². The lowest BCUT2D eigenvalue weighted by Crippen LogP contribution is -2.19. The smallest absolute Gasteiger partial charge is 0.300 e. The van der Waals surface area contributed by atoms with Crippen LogP contribution < -0.4 is 24.5 Å². The van der Waals surface area contributed by atoms with Crippen molar-refractivity contribution < 1.29 is 18.9 Å². The third kappa shape index (κ3) is 3.28. The molecular formula is C19H20N2O5. The van der Waals surface area contributed by atoms with Crippen LogP contribution in [0.5, 0.6) is 23.4 Å². The zero-order valence-electron chi connectivity index (χ0n) is 14.9. The highest BCUT2D eigenvalue weighted by Crippen LogP contribution is 2.32. The lowest BCUT2D eigenvalue weighted by molar-refractivity contribution is 0.260. The first kappa shape index (κ1) is 17.6. The fraction of sp³-hybridized carbons (Fsp3) is 0.263. The van der Waals surface area contributed by atoms with E-state index in [-0.39, 0.29) is 24.1 Å². The number of methoxy groups -OCH3 is 2. The summed E-state index contributed by atoms with van der Waals surface area (Å²) in [4.78, 5) is 19.3. The normalized spacial score (nSPS) is 12.7. The summed E-state index contributed by atoms with van der Waals surface area (Å²) in [6.45, 7) is 5.84. The van der Waals surface area contributed by atoms with Gasteiger partial charge in [0.25, 0.3) is 11.6 Å². The first-order chi connectivity index (χ1) is 12.6. The van der Waals surface area contributed by atoms with E-state index in [4.69, 9.17) is 18.9 Å². The molecule has 0 amide bonds. The molecule has 1 aliphatic heterocycles. The molecule has 0 radical (unpaired) electrons.